The van der Waals surface area contributed by atoms with E-state index < -0.39 is 0 Å². The van der Waals surface area contributed by atoms with Crippen LogP contribution in [0.25, 0.3) is 0 Å². The molecule has 0 radical (unpaired) electrons. The maximum absolute atomic E-state index is 15.1. The fourth-order valence-electron chi connectivity index (χ4n) is 3.28. The number of methoxy groups -OCH3 is 3. The molecule has 1 N–H and O–H groups in total. The van der Waals surface area contributed by atoms with Gasteiger partial charge in [-0.1, -0.05) is 17.7 Å². The maximum Gasteiger partial charge on any atom is 0.195 e. The number of nitrogens with zero attached hydrogens (tertiary/aromatic N) is 2. The Morgan fingerprint density at radius 3 is 2.65 bits per heavy atom. The summed E-state index contributed by atoms with van der Waals surface area (Å²) in [5.41, 5.74) is 2.74. The van der Waals surface area contributed by atoms with Gasteiger partial charge in [0.15, 0.2) is 11.4 Å². The number of halogens is 2. The Labute approximate surface area is 213 Å². The first-order chi connectivity index (χ1) is 16.4. The van der Waals surface area contributed by atoms with Crippen LogP contribution >= 0.6 is 34.9 Å². The van der Waals surface area contributed by atoms with E-state index in [-0.39, 0.29) is 12.1 Å². The van der Waals surface area contributed by atoms with Crippen molar-refractivity contribution in [2.24, 2.45) is 0 Å². The minimum absolute atomic E-state index is 0.251. The third-order valence-electron chi connectivity index (χ3n) is 5.18. The van der Waals surface area contributed by atoms with E-state index in [2.05, 4.69) is 10.3 Å². The van der Waals surface area contributed by atoms with Crippen molar-refractivity contribution in [3.63, 3.8) is 0 Å². The number of hydrogen-bond acceptors (Lipinski definition) is 8. The van der Waals surface area contributed by atoms with Gasteiger partial charge in [0.05, 0.1) is 29.3 Å². The average Bonchev–Trinajstić information content (AvgIpc) is 3.37. The molecule has 1 aromatic heterocycles. The highest BCUT2D eigenvalue weighted by Gasteiger charge is 2.18. The van der Waals surface area contributed by atoms with Crippen LogP contribution in [0.1, 0.15) is 24.0 Å². The molecule has 0 unspecified atom stereocenters. The molecule has 0 atom stereocenters. The lowest BCUT2D eigenvalue weighted by Gasteiger charge is -2.22. The first-order valence-corrected chi connectivity index (χ1v) is 12.7. The monoisotopic (exact) mass is 525 g/mol. The first kappa shape index (κ1) is 26.6. The zero-order valence-corrected chi connectivity index (χ0v) is 22.0. The smallest absolute Gasteiger partial charge is 0.195 e. The molecule has 0 saturated carbocycles. The Kier molecular flexibility index (Phi) is 10.3. The van der Waals surface area contributed by atoms with Crippen molar-refractivity contribution < 1.29 is 18.6 Å². The summed E-state index contributed by atoms with van der Waals surface area (Å²) in [7, 11) is 4.86. The van der Waals surface area contributed by atoms with Gasteiger partial charge in [-0.3, -0.25) is 4.31 Å². The predicted molar refractivity (Wildman–Crippen MR) is 139 cm³/mol. The summed E-state index contributed by atoms with van der Waals surface area (Å²) in [6.07, 6.45) is 3.00. The third kappa shape index (κ3) is 7.23. The number of ether oxygens (including phenoxy) is 3. The minimum atomic E-state index is -0.350. The number of aromatic nitrogens is 1. The van der Waals surface area contributed by atoms with Crippen LogP contribution in [0, 0.1) is 12.7 Å². The van der Waals surface area contributed by atoms with E-state index in [1.165, 1.54) is 29.4 Å². The zero-order valence-electron chi connectivity index (χ0n) is 19.6. The summed E-state index contributed by atoms with van der Waals surface area (Å²) >= 11 is 9.26. The fraction of sp³-hybridized carbons (Fsp3) is 0.375. The molecule has 10 heteroatoms. The molecule has 3 aromatic rings. The molecule has 0 aliphatic heterocycles. The van der Waals surface area contributed by atoms with E-state index in [1.807, 2.05) is 34.8 Å². The number of benzene rings is 2. The molecule has 6 nitrogen and oxygen atoms in total. The van der Waals surface area contributed by atoms with Crippen molar-refractivity contribution >= 4 is 45.7 Å². The van der Waals surface area contributed by atoms with Crippen LogP contribution in [0.4, 0.5) is 15.2 Å². The molecule has 0 aliphatic rings. The quantitative estimate of drug-likeness (QED) is 0.150. The number of nitrogens with one attached hydrogen (secondary N) is 1. The van der Waals surface area contributed by atoms with Crippen LogP contribution in [-0.4, -0.2) is 39.1 Å². The van der Waals surface area contributed by atoms with Gasteiger partial charge in [-0.15, -0.1) is 11.3 Å². The zero-order chi connectivity index (χ0) is 24.5. The van der Waals surface area contributed by atoms with Crippen molar-refractivity contribution in [3.8, 4) is 5.75 Å². The Balaban J connectivity index is 1.72. The lowest BCUT2D eigenvalue weighted by molar-refractivity contribution is -0.106. The summed E-state index contributed by atoms with van der Waals surface area (Å²) in [6.45, 7) is 3.20. The summed E-state index contributed by atoms with van der Waals surface area (Å²) in [6, 6.07) is 9.02. The topological polar surface area (TPSA) is 55.9 Å². The number of aryl methyl sites for hydroxylation is 1. The molecule has 0 spiro atoms. The molecule has 3 rings (SSSR count). The number of thiazole rings is 1. The Bertz CT molecular complexity index is 1050. The Morgan fingerprint density at radius 2 is 2.00 bits per heavy atom. The van der Waals surface area contributed by atoms with Crippen molar-refractivity contribution in [1.29, 1.82) is 0 Å². The van der Waals surface area contributed by atoms with E-state index >= 15 is 4.39 Å². The summed E-state index contributed by atoms with van der Waals surface area (Å²) in [5, 5.41) is 6.33. The van der Waals surface area contributed by atoms with Gasteiger partial charge < -0.3 is 19.5 Å². The van der Waals surface area contributed by atoms with Gasteiger partial charge in [-0.05, 0) is 67.1 Å². The van der Waals surface area contributed by atoms with Gasteiger partial charge in [0.25, 0.3) is 0 Å². The highest BCUT2D eigenvalue weighted by atomic mass is 35.5. The van der Waals surface area contributed by atoms with Gasteiger partial charge in [0.2, 0.25) is 0 Å². The van der Waals surface area contributed by atoms with E-state index in [0.717, 1.165) is 34.8 Å². The molecular weight excluding hydrogens is 497 g/mol. The summed E-state index contributed by atoms with van der Waals surface area (Å²) in [4.78, 5) is 4.86. The second-order valence-electron chi connectivity index (χ2n) is 7.47. The molecule has 0 aliphatic carbocycles. The average molecular weight is 526 g/mol. The van der Waals surface area contributed by atoms with Gasteiger partial charge in [-0.2, -0.15) is 0 Å². The van der Waals surface area contributed by atoms with E-state index in [9.17, 15) is 0 Å². The van der Waals surface area contributed by atoms with Gasteiger partial charge in [-0.25, -0.2) is 9.37 Å². The fourth-order valence-corrected chi connectivity index (χ4v) is 5.25. The van der Waals surface area contributed by atoms with Gasteiger partial charge >= 0.3 is 0 Å². The number of rotatable bonds is 13. The molecule has 0 amide bonds. The van der Waals surface area contributed by atoms with E-state index in [0.29, 0.717) is 28.7 Å². The van der Waals surface area contributed by atoms with Crippen LogP contribution in [-0.2, 0) is 16.0 Å². The summed E-state index contributed by atoms with van der Waals surface area (Å²) in [5.74, 6) is 0.451. The van der Waals surface area contributed by atoms with Crippen LogP contribution in [0.3, 0.4) is 0 Å². The normalized spacial score (nSPS) is 11.1. The molecule has 2 aromatic carbocycles. The van der Waals surface area contributed by atoms with E-state index in [1.54, 1.807) is 33.6 Å². The standard InChI is InChI=1S/C24H29ClFN3O3S2/c1-16-12-18(30-2)8-7-17(16)15-29(24-28-10-11-33-24)34-22-13-19(25)21(14-20(22)26)27-9-5-6-23(31-3)32-4/h7-8,10-14,23,27H,5-6,9,15H2,1-4H3. The summed E-state index contributed by atoms with van der Waals surface area (Å²) < 4.78 is 32.7. The Hall–Kier alpha value is -2.04. The number of anilines is 2. The lowest BCUT2D eigenvalue weighted by Crippen LogP contribution is -2.15. The molecule has 1 heterocycles. The molecule has 0 saturated heterocycles. The maximum atomic E-state index is 15.1. The lowest BCUT2D eigenvalue weighted by atomic mass is 10.1. The van der Waals surface area contributed by atoms with Gasteiger partial charge in [0.1, 0.15) is 11.6 Å². The molecule has 0 fully saturated rings. The highest BCUT2D eigenvalue weighted by Crippen LogP contribution is 2.37. The molecule has 184 valence electrons. The van der Waals surface area contributed by atoms with Crippen LogP contribution in [0.15, 0.2) is 46.8 Å². The largest absolute Gasteiger partial charge is 0.497 e. The van der Waals surface area contributed by atoms with Crippen LogP contribution in [0.5, 0.6) is 5.75 Å². The van der Waals surface area contributed by atoms with Crippen LogP contribution < -0.4 is 14.4 Å². The van der Waals surface area contributed by atoms with Crippen molar-refractivity contribution in [1.82, 2.24) is 4.98 Å². The number of hydrogen-bond donors (Lipinski definition) is 1. The molecule has 34 heavy (non-hydrogen) atoms. The first-order valence-electron chi connectivity index (χ1n) is 10.7. The SMILES string of the molecule is COc1ccc(CN(Sc2cc(Cl)c(NCCCC(OC)OC)cc2F)c2nccs2)c(C)c1. The Morgan fingerprint density at radius 1 is 1.21 bits per heavy atom. The second kappa shape index (κ2) is 13.2. The molecular formula is C24H29ClFN3O3S2. The van der Waals surface area contributed by atoms with E-state index in [4.69, 9.17) is 25.8 Å². The van der Waals surface area contributed by atoms with Crippen molar-refractivity contribution in [2.45, 2.75) is 37.5 Å². The molecule has 0 bridgehead atoms. The van der Waals surface area contributed by atoms with Crippen LogP contribution in [0.2, 0.25) is 5.02 Å². The second-order valence-corrected chi connectivity index (χ2v) is 9.81. The van der Waals surface area contributed by atoms with Gasteiger partial charge in [0, 0.05) is 32.3 Å². The van der Waals surface area contributed by atoms with Crippen molar-refractivity contribution in [2.75, 3.05) is 37.5 Å². The van der Waals surface area contributed by atoms with Crippen molar-refractivity contribution in [3.05, 3.63) is 63.9 Å². The predicted octanol–water partition coefficient (Wildman–Crippen LogP) is 6.78. The third-order valence-corrected chi connectivity index (χ3v) is 7.44. The minimum Gasteiger partial charge on any atom is -0.497 e. The highest BCUT2D eigenvalue weighted by molar-refractivity contribution is 8.00.